The number of benzene rings is 1. The first-order chi connectivity index (χ1) is 18.9. The van der Waals surface area contributed by atoms with E-state index in [-0.39, 0.29) is 36.1 Å². The molecular weight excluding hydrogens is 502 g/mol. The van der Waals surface area contributed by atoms with E-state index in [4.69, 9.17) is 9.47 Å². The molecule has 2 saturated carbocycles. The lowest BCUT2D eigenvalue weighted by atomic mass is 9.53. The van der Waals surface area contributed by atoms with Crippen molar-refractivity contribution in [1.29, 1.82) is 0 Å². The summed E-state index contributed by atoms with van der Waals surface area (Å²) in [5.41, 5.74) is 1.13. The van der Waals surface area contributed by atoms with Crippen molar-refractivity contribution in [2.75, 3.05) is 0 Å². The van der Waals surface area contributed by atoms with Gasteiger partial charge in [-0.2, -0.15) is 0 Å². The number of epoxide rings is 1. The molecule has 2 saturated heterocycles. The van der Waals surface area contributed by atoms with Crippen molar-refractivity contribution in [3.63, 3.8) is 0 Å². The summed E-state index contributed by atoms with van der Waals surface area (Å²) in [5.74, 6) is 1.88. The molecule has 1 aromatic rings. The van der Waals surface area contributed by atoms with Gasteiger partial charge >= 0.3 is 0 Å². The minimum Gasteiger partial charge on any atom is -0.490 e. The highest BCUT2D eigenvalue weighted by Crippen LogP contribution is 2.69. The van der Waals surface area contributed by atoms with Crippen LogP contribution in [0, 0.1) is 52.8 Å². The fourth-order valence-electron chi connectivity index (χ4n) is 11.2. The number of hydrogen-bond acceptors (Lipinski definition) is 5. The predicted octanol–water partition coefficient (Wildman–Crippen LogP) is 4.61. The van der Waals surface area contributed by atoms with E-state index in [1.54, 1.807) is 0 Å². The Morgan fingerprint density at radius 3 is 2.45 bits per heavy atom. The summed E-state index contributed by atoms with van der Waals surface area (Å²) in [6.45, 7) is 13.7. The van der Waals surface area contributed by atoms with Crippen LogP contribution >= 0.6 is 0 Å². The fourth-order valence-corrected chi connectivity index (χ4v) is 11.2. The first kappa shape index (κ1) is 25.3. The highest BCUT2D eigenvalue weighted by molar-refractivity contribution is 6.16. The zero-order valence-corrected chi connectivity index (χ0v) is 24.4. The topological polar surface area (TPSA) is 88.2 Å². The van der Waals surface area contributed by atoms with E-state index in [1.165, 1.54) is 16.7 Å². The molecule has 4 aliphatic heterocycles. The second kappa shape index (κ2) is 7.69. The smallest absolute Gasteiger partial charge is 0.265 e. The van der Waals surface area contributed by atoms with Crippen molar-refractivity contribution in [1.82, 2.24) is 5.32 Å². The maximum atomic E-state index is 15.1. The van der Waals surface area contributed by atoms with Crippen LogP contribution in [-0.4, -0.2) is 40.3 Å². The summed E-state index contributed by atoms with van der Waals surface area (Å²) in [4.78, 5) is 28.8. The SMILES string of the molecule is CC1=C[C@@]2(C)C(=C(C)[C@H]3[C@H]4C[C@@H](C)C[C@@H](C)[C@@H]4[C@@H]4Oc5ccc(cc5)C[C@]5(O)NC(=O)[C@@]6(O[C@@H]65)C(=O)[C@@H]2[C@H]43)[C@H]1C. The number of fused-ring (bicyclic) bond motifs is 5. The molecular formula is C34H41NO5. The van der Waals surface area contributed by atoms with Crippen LogP contribution in [0.3, 0.4) is 0 Å². The molecule has 8 aliphatic rings. The van der Waals surface area contributed by atoms with E-state index in [9.17, 15) is 9.90 Å². The summed E-state index contributed by atoms with van der Waals surface area (Å²) in [6.07, 6.45) is 3.74. The molecule has 2 N–H and O–H groups in total. The molecule has 0 aromatic heterocycles. The standard InChI is InChI=1S/C34H41NO5/c1-15-11-16(2)23-22(12-15)24-19(5)26-18(4)17(3)13-32(26,6)27-25(24)28(23)39-21-9-7-20(8-10-21)14-33(38)30-34(40-30,29(27)36)31(37)35-33/h7-10,13,15-16,18,22-25,27-28,30,38H,11-12,14H2,1-6H3,(H,35,37)/t15-,16+,18-,22-,23-,24-,25+,27-,28-,30+,32-,33+,34+/m0/s1. The zero-order valence-electron chi connectivity index (χ0n) is 24.4. The molecule has 4 aliphatic carbocycles. The largest absolute Gasteiger partial charge is 0.490 e. The summed E-state index contributed by atoms with van der Waals surface area (Å²) in [7, 11) is 0. The van der Waals surface area contributed by atoms with Gasteiger partial charge in [0.2, 0.25) is 5.60 Å². The molecule has 4 heterocycles. The number of carbonyl (C=O) groups excluding carboxylic acids is 2. The number of morpholine rings is 1. The third kappa shape index (κ3) is 2.87. The minimum atomic E-state index is -1.64. The molecule has 40 heavy (non-hydrogen) atoms. The third-order valence-electron chi connectivity index (χ3n) is 12.4. The number of aliphatic hydroxyl groups is 1. The second-order valence-electron chi connectivity index (χ2n) is 14.7. The molecule has 0 radical (unpaired) electrons. The first-order valence-electron chi connectivity index (χ1n) is 15.3. The molecule has 6 nitrogen and oxygen atoms in total. The number of nitrogens with one attached hydrogen (secondary N) is 1. The number of rotatable bonds is 0. The molecule has 0 spiro atoms. The van der Waals surface area contributed by atoms with E-state index in [1.807, 2.05) is 24.3 Å². The van der Waals surface area contributed by atoms with E-state index in [2.05, 4.69) is 52.9 Å². The summed E-state index contributed by atoms with van der Waals surface area (Å²) < 4.78 is 13.1. The zero-order chi connectivity index (χ0) is 28.1. The number of amides is 1. The number of Topliss-reactive ketones (excluding diaryl/α,β-unsaturated/α-hetero) is 1. The van der Waals surface area contributed by atoms with Gasteiger partial charge in [-0.1, -0.05) is 62.6 Å². The highest BCUT2D eigenvalue weighted by Gasteiger charge is 2.83. The van der Waals surface area contributed by atoms with Gasteiger partial charge in [0.25, 0.3) is 5.91 Å². The van der Waals surface area contributed by atoms with Gasteiger partial charge in [0.15, 0.2) is 17.6 Å². The summed E-state index contributed by atoms with van der Waals surface area (Å²) in [6, 6.07) is 7.91. The van der Waals surface area contributed by atoms with E-state index in [0.29, 0.717) is 23.7 Å². The lowest BCUT2D eigenvalue weighted by Gasteiger charge is -2.49. The molecule has 0 unspecified atom stereocenters. The van der Waals surface area contributed by atoms with Gasteiger partial charge in [-0.25, -0.2) is 0 Å². The Morgan fingerprint density at radius 2 is 1.75 bits per heavy atom. The number of ether oxygens (including phenoxy) is 2. The Hall–Kier alpha value is -2.44. The van der Waals surface area contributed by atoms with Crippen LogP contribution < -0.4 is 10.1 Å². The molecule has 1 aromatic carbocycles. The number of ketones is 1. The second-order valence-corrected chi connectivity index (χ2v) is 14.7. The van der Waals surface area contributed by atoms with Crippen LogP contribution in [0.5, 0.6) is 5.75 Å². The summed E-state index contributed by atoms with van der Waals surface area (Å²) >= 11 is 0. The first-order valence-corrected chi connectivity index (χ1v) is 15.3. The Morgan fingerprint density at radius 1 is 1.02 bits per heavy atom. The number of carbonyl (C=O) groups is 2. The third-order valence-corrected chi connectivity index (χ3v) is 12.4. The number of allylic oxidation sites excluding steroid dienone is 4. The Balaban J connectivity index is 1.39. The molecule has 9 rings (SSSR count). The van der Waals surface area contributed by atoms with Gasteiger partial charge in [0.05, 0.1) is 0 Å². The molecule has 1 amide bonds. The van der Waals surface area contributed by atoms with Crippen LogP contribution in [0.15, 0.2) is 47.1 Å². The van der Waals surface area contributed by atoms with Gasteiger partial charge < -0.3 is 19.9 Å². The number of hydrogen-bond donors (Lipinski definition) is 2. The van der Waals surface area contributed by atoms with Crippen LogP contribution in [-0.2, 0) is 20.7 Å². The van der Waals surface area contributed by atoms with E-state index < -0.39 is 34.7 Å². The van der Waals surface area contributed by atoms with E-state index >= 15 is 4.79 Å². The molecule has 13 atom stereocenters. The van der Waals surface area contributed by atoms with Crippen molar-refractivity contribution in [3.8, 4) is 5.75 Å². The highest BCUT2D eigenvalue weighted by atomic mass is 16.6. The van der Waals surface area contributed by atoms with E-state index in [0.717, 1.165) is 24.2 Å². The van der Waals surface area contributed by atoms with Crippen molar-refractivity contribution in [2.45, 2.75) is 84.3 Å². The monoisotopic (exact) mass is 543 g/mol. The Labute approximate surface area is 236 Å². The lowest BCUT2D eigenvalue weighted by Crippen LogP contribution is -2.55. The molecule has 4 bridgehead atoms. The molecule has 6 heteroatoms. The maximum absolute atomic E-state index is 15.1. The normalized spacial score (nSPS) is 51.8. The van der Waals surface area contributed by atoms with Gasteiger partial charge in [-0.15, -0.1) is 0 Å². The minimum absolute atomic E-state index is 0.0838. The van der Waals surface area contributed by atoms with Crippen molar-refractivity contribution >= 4 is 11.7 Å². The Kier molecular flexibility index (Phi) is 4.86. The summed E-state index contributed by atoms with van der Waals surface area (Å²) in [5, 5.41) is 14.5. The molecule has 4 fully saturated rings. The predicted molar refractivity (Wildman–Crippen MR) is 149 cm³/mol. The fraction of sp³-hybridized carbons (Fsp3) is 0.647. The van der Waals surface area contributed by atoms with Gasteiger partial charge in [0.1, 0.15) is 11.9 Å². The van der Waals surface area contributed by atoms with Crippen LogP contribution in [0.2, 0.25) is 0 Å². The lowest BCUT2D eigenvalue weighted by molar-refractivity contribution is -0.145. The van der Waals surface area contributed by atoms with Crippen LogP contribution in [0.25, 0.3) is 0 Å². The van der Waals surface area contributed by atoms with Crippen LogP contribution in [0.1, 0.15) is 59.9 Å². The van der Waals surface area contributed by atoms with Gasteiger partial charge in [-0.3, -0.25) is 9.59 Å². The van der Waals surface area contributed by atoms with Crippen molar-refractivity contribution in [2.24, 2.45) is 52.8 Å². The van der Waals surface area contributed by atoms with Gasteiger partial charge in [-0.05, 0) is 74.0 Å². The maximum Gasteiger partial charge on any atom is 0.265 e. The quantitative estimate of drug-likeness (QED) is 0.284. The molecule has 212 valence electrons. The average molecular weight is 544 g/mol. The van der Waals surface area contributed by atoms with Gasteiger partial charge in [0, 0.05) is 29.6 Å². The average Bonchev–Trinajstić information content (AvgIpc) is 3.45. The Bertz CT molecular complexity index is 1410. The van der Waals surface area contributed by atoms with Crippen LogP contribution in [0.4, 0.5) is 0 Å². The van der Waals surface area contributed by atoms with Crippen molar-refractivity contribution < 1.29 is 24.2 Å². The van der Waals surface area contributed by atoms with Crippen molar-refractivity contribution in [3.05, 3.63) is 52.6 Å².